The van der Waals surface area contributed by atoms with Crippen LogP contribution in [0.3, 0.4) is 0 Å². The van der Waals surface area contributed by atoms with Gasteiger partial charge in [0.1, 0.15) is 12.6 Å². The van der Waals surface area contributed by atoms with E-state index in [0.29, 0.717) is 4.90 Å². The van der Waals surface area contributed by atoms with Crippen molar-refractivity contribution >= 4 is 34.1 Å². The van der Waals surface area contributed by atoms with Gasteiger partial charge in [0.05, 0.1) is 13.0 Å². The zero-order chi connectivity index (χ0) is 25.6. The molecule has 0 aromatic heterocycles. The van der Waals surface area contributed by atoms with Crippen LogP contribution >= 0.6 is 0 Å². The van der Waals surface area contributed by atoms with Crippen molar-refractivity contribution in [2.75, 3.05) is 6.54 Å². The highest BCUT2D eigenvalue weighted by molar-refractivity contribution is 7.88. The van der Waals surface area contributed by atoms with E-state index in [0.717, 1.165) is 17.7 Å². The lowest BCUT2D eigenvalue weighted by molar-refractivity contribution is -0.139. The van der Waals surface area contributed by atoms with E-state index in [1.165, 1.54) is 6.07 Å². The smallest absolute Gasteiger partial charge is 0.408 e. The lowest BCUT2D eigenvalue weighted by atomic mass is 10.1. The predicted octanol–water partition coefficient (Wildman–Crippen LogP) is -0.647. The summed E-state index contributed by atoms with van der Waals surface area (Å²) in [5.41, 5.74) is 2.85. The molecule has 0 radical (unpaired) electrons. The van der Waals surface area contributed by atoms with Crippen molar-refractivity contribution < 1.29 is 42.5 Å². The van der Waals surface area contributed by atoms with E-state index in [4.69, 9.17) is 4.74 Å². The number of benzene rings is 2. The summed E-state index contributed by atoms with van der Waals surface area (Å²) in [6.07, 6.45) is -1.24. The number of urea groups is 1. The maximum atomic E-state index is 12.1. The van der Waals surface area contributed by atoms with Crippen LogP contribution in [-0.4, -0.2) is 60.1 Å². The molecule has 35 heavy (non-hydrogen) atoms. The standard InChI is InChI=1S/C20H21N5O9S/c26-15-7-6-13(8-16(15)27)9-17(28)22-24-35(32,33)23-19(30)25-10-14(18(25)29)21-20(31)34-11-12-4-2-1-3-5-12/h1-8,14,24,26-27H,9-11H2,(H,21,31)(H,22,28)(H,23,30)/t14-/m0/s1. The van der Waals surface area contributed by atoms with Gasteiger partial charge in [-0.05, 0) is 23.3 Å². The van der Waals surface area contributed by atoms with E-state index in [9.17, 15) is 37.8 Å². The van der Waals surface area contributed by atoms with Gasteiger partial charge in [0.25, 0.3) is 5.91 Å². The average molecular weight is 507 g/mol. The molecular formula is C20H21N5O9S. The van der Waals surface area contributed by atoms with Gasteiger partial charge in [0, 0.05) is 0 Å². The number of ether oxygens (including phenoxy) is 1. The molecule has 0 spiro atoms. The fourth-order valence-electron chi connectivity index (χ4n) is 2.85. The molecular weight excluding hydrogens is 486 g/mol. The molecule has 186 valence electrons. The third kappa shape index (κ3) is 7.05. The van der Waals surface area contributed by atoms with Gasteiger partial charge in [0.15, 0.2) is 11.5 Å². The summed E-state index contributed by atoms with van der Waals surface area (Å²) in [7, 11) is -4.58. The second-order valence-electron chi connectivity index (χ2n) is 7.27. The molecule has 2 aromatic carbocycles. The second-order valence-corrected chi connectivity index (χ2v) is 8.68. The summed E-state index contributed by atoms with van der Waals surface area (Å²) in [5.74, 6) is -2.55. The molecule has 1 fully saturated rings. The van der Waals surface area contributed by atoms with Crippen LogP contribution in [-0.2, 0) is 37.6 Å². The Morgan fingerprint density at radius 2 is 1.74 bits per heavy atom. The maximum Gasteiger partial charge on any atom is 0.408 e. The Hall–Kier alpha value is -4.37. The Morgan fingerprint density at radius 1 is 1.03 bits per heavy atom. The first kappa shape index (κ1) is 25.3. The number of nitrogens with one attached hydrogen (secondary N) is 4. The van der Waals surface area contributed by atoms with Crippen molar-refractivity contribution in [1.29, 1.82) is 0 Å². The van der Waals surface area contributed by atoms with Crippen molar-refractivity contribution in [3.63, 3.8) is 0 Å². The molecule has 6 N–H and O–H groups in total. The van der Waals surface area contributed by atoms with Crippen molar-refractivity contribution in [1.82, 2.24) is 25.2 Å². The number of carbonyl (C=O) groups is 4. The minimum absolute atomic E-state index is 0.0265. The maximum absolute atomic E-state index is 12.1. The SMILES string of the molecule is O=C(Cc1ccc(O)c(O)c1)NNS(=O)(=O)NC(=O)N1C[C@H](NC(=O)OCc2ccccc2)C1=O. The molecule has 0 unspecified atom stereocenters. The molecule has 14 nitrogen and oxygen atoms in total. The van der Waals surface area contributed by atoms with Crippen LogP contribution in [0.2, 0.25) is 0 Å². The Labute approximate surface area is 199 Å². The molecule has 5 amide bonds. The number of carbonyl (C=O) groups excluding carboxylic acids is 4. The molecule has 1 aliphatic rings. The van der Waals surface area contributed by atoms with E-state index < -0.39 is 45.9 Å². The van der Waals surface area contributed by atoms with E-state index >= 15 is 0 Å². The van der Waals surface area contributed by atoms with Crippen LogP contribution in [0.15, 0.2) is 48.5 Å². The number of hydrogen-bond donors (Lipinski definition) is 6. The molecule has 1 saturated heterocycles. The Kier molecular flexibility index (Phi) is 7.73. The van der Waals surface area contributed by atoms with Gasteiger partial charge in [-0.15, -0.1) is 4.83 Å². The van der Waals surface area contributed by atoms with E-state index in [1.807, 2.05) is 5.43 Å². The number of rotatable bonds is 8. The topological polar surface area (TPSA) is 203 Å². The summed E-state index contributed by atoms with van der Waals surface area (Å²) < 4.78 is 30.5. The van der Waals surface area contributed by atoms with Crippen molar-refractivity contribution in [2.24, 2.45) is 0 Å². The number of hydrazine groups is 1. The third-order valence-electron chi connectivity index (χ3n) is 4.63. The van der Waals surface area contributed by atoms with Gasteiger partial charge < -0.3 is 20.3 Å². The molecule has 1 heterocycles. The van der Waals surface area contributed by atoms with Crippen molar-refractivity contribution in [3.05, 3.63) is 59.7 Å². The monoisotopic (exact) mass is 507 g/mol. The highest BCUT2D eigenvalue weighted by Crippen LogP contribution is 2.24. The molecule has 0 aliphatic carbocycles. The molecule has 1 atom stereocenters. The van der Waals surface area contributed by atoms with Crippen LogP contribution in [0.4, 0.5) is 9.59 Å². The summed E-state index contributed by atoms with van der Waals surface area (Å²) in [4.78, 5) is 50.0. The summed E-state index contributed by atoms with van der Waals surface area (Å²) in [5, 5.41) is 20.9. The van der Waals surface area contributed by atoms with Crippen LogP contribution in [0.1, 0.15) is 11.1 Å². The number of nitrogens with zero attached hydrogens (tertiary/aromatic N) is 1. The lowest BCUT2D eigenvalue weighted by Gasteiger charge is -2.36. The average Bonchev–Trinajstić information content (AvgIpc) is 2.81. The summed E-state index contributed by atoms with van der Waals surface area (Å²) >= 11 is 0. The minimum atomic E-state index is -4.58. The number of phenolic OH excluding ortho intramolecular Hbond substituents is 2. The number of likely N-dealkylation sites (tertiary alicyclic amines) is 1. The summed E-state index contributed by atoms with van der Waals surface area (Å²) in [6, 6.07) is 10.0. The van der Waals surface area contributed by atoms with Gasteiger partial charge in [0.2, 0.25) is 5.91 Å². The quantitative estimate of drug-likeness (QED) is 0.152. The number of aromatic hydroxyl groups is 2. The van der Waals surface area contributed by atoms with Gasteiger partial charge >= 0.3 is 22.3 Å². The fraction of sp³-hybridized carbons (Fsp3) is 0.200. The molecule has 1 aliphatic heterocycles. The molecule has 0 saturated carbocycles. The lowest BCUT2D eigenvalue weighted by Crippen LogP contribution is -2.68. The normalized spacial score (nSPS) is 15.0. The van der Waals surface area contributed by atoms with Gasteiger partial charge in [-0.2, -0.15) is 8.42 Å². The second kappa shape index (κ2) is 10.7. The first-order valence-corrected chi connectivity index (χ1v) is 11.4. The zero-order valence-corrected chi connectivity index (χ0v) is 18.7. The first-order chi connectivity index (χ1) is 16.5. The molecule has 15 heteroatoms. The van der Waals surface area contributed by atoms with Crippen LogP contribution < -0.4 is 20.3 Å². The van der Waals surface area contributed by atoms with Crippen LogP contribution in [0.5, 0.6) is 11.5 Å². The van der Waals surface area contributed by atoms with Crippen LogP contribution in [0, 0.1) is 0 Å². The molecule has 3 rings (SSSR count). The number of alkyl carbamates (subject to hydrolysis) is 1. The number of hydrogen-bond acceptors (Lipinski definition) is 9. The fourth-order valence-corrected chi connectivity index (χ4v) is 3.49. The third-order valence-corrected chi connectivity index (χ3v) is 5.44. The Bertz CT molecular complexity index is 1240. The van der Waals surface area contributed by atoms with Gasteiger partial charge in [-0.3, -0.25) is 19.9 Å². The van der Waals surface area contributed by atoms with Crippen molar-refractivity contribution in [2.45, 2.75) is 19.1 Å². The molecule has 2 aromatic rings. The number of amides is 5. The highest BCUT2D eigenvalue weighted by atomic mass is 32.2. The largest absolute Gasteiger partial charge is 0.504 e. The molecule has 0 bridgehead atoms. The van der Waals surface area contributed by atoms with Crippen LogP contribution in [0.25, 0.3) is 0 Å². The first-order valence-electron chi connectivity index (χ1n) is 9.96. The number of β-lactam (4-membered cyclic amide) rings is 1. The van der Waals surface area contributed by atoms with Crippen molar-refractivity contribution in [3.8, 4) is 11.5 Å². The van der Waals surface area contributed by atoms with E-state index in [-0.39, 0.29) is 30.9 Å². The minimum Gasteiger partial charge on any atom is -0.504 e. The highest BCUT2D eigenvalue weighted by Gasteiger charge is 2.43. The predicted molar refractivity (Wildman–Crippen MR) is 117 cm³/mol. The van der Waals surface area contributed by atoms with Gasteiger partial charge in [-0.1, -0.05) is 36.4 Å². The van der Waals surface area contributed by atoms with Gasteiger partial charge in [-0.25, -0.2) is 14.3 Å². The Balaban J connectivity index is 1.40. The summed E-state index contributed by atoms with van der Waals surface area (Å²) in [6.45, 7) is -0.321. The van der Waals surface area contributed by atoms with E-state index in [2.05, 4.69) is 5.32 Å². The zero-order valence-electron chi connectivity index (χ0n) is 17.9. The Morgan fingerprint density at radius 3 is 2.40 bits per heavy atom. The van der Waals surface area contributed by atoms with E-state index in [1.54, 1.807) is 39.9 Å². The number of imide groups is 1. The number of phenols is 2.